The minimum atomic E-state index is -0.441. The quantitative estimate of drug-likeness (QED) is 0.0282. The molecule has 0 aromatic rings. The van der Waals surface area contributed by atoms with E-state index in [1.165, 1.54) is 83.5 Å². The van der Waals surface area contributed by atoms with E-state index in [9.17, 15) is 14.4 Å². The molecule has 0 aromatic heterocycles. The Bertz CT molecular complexity index is 1050. The largest absolute Gasteiger partial charge is 0.462 e. The van der Waals surface area contributed by atoms with E-state index in [1.54, 1.807) is 0 Å². The summed E-state index contributed by atoms with van der Waals surface area (Å²) < 4.78 is 24.3. The predicted octanol–water partition coefficient (Wildman–Crippen LogP) is 12.5. The number of unbranched alkanes of at least 4 members (excludes halogenated alkanes) is 18. The first-order chi connectivity index (χ1) is 28.8. The van der Waals surface area contributed by atoms with Crippen molar-refractivity contribution >= 4 is 17.8 Å². The Morgan fingerprint density at radius 3 is 1.59 bits per heavy atom. The van der Waals surface area contributed by atoms with Crippen molar-refractivity contribution in [3.63, 3.8) is 0 Å². The Morgan fingerprint density at radius 2 is 1.03 bits per heavy atom. The van der Waals surface area contributed by atoms with Gasteiger partial charge in [0.05, 0.1) is 6.42 Å². The fourth-order valence-electron chi connectivity index (χ4n) is 7.60. The topological polar surface area (TPSA) is 103 Å². The number of amides is 1. The van der Waals surface area contributed by atoms with Gasteiger partial charge in [0.15, 0.2) is 6.29 Å². The molecule has 344 valence electrons. The van der Waals surface area contributed by atoms with Gasteiger partial charge in [-0.25, -0.2) is 0 Å². The number of esters is 2. The summed E-state index contributed by atoms with van der Waals surface area (Å²) in [5.41, 5.74) is 0. The molecule has 0 aromatic carbocycles. The van der Waals surface area contributed by atoms with Crippen molar-refractivity contribution in [3.05, 3.63) is 24.3 Å². The van der Waals surface area contributed by atoms with Gasteiger partial charge < -0.3 is 29.2 Å². The van der Waals surface area contributed by atoms with Crippen molar-refractivity contribution < 1.29 is 33.3 Å². The number of nitrogens with one attached hydrogen (secondary N) is 1. The average Bonchev–Trinajstić information content (AvgIpc) is 3.20. The third-order valence-electron chi connectivity index (χ3n) is 11.1. The molecule has 1 aliphatic rings. The lowest BCUT2D eigenvalue weighted by molar-refractivity contribution is -0.167. The second-order valence-corrected chi connectivity index (χ2v) is 17.3. The van der Waals surface area contributed by atoms with Crippen LogP contribution in [0.25, 0.3) is 0 Å². The molecule has 1 fully saturated rings. The third kappa shape index (κ3) is 35.1. The molecule has 59 heavy (non-hydrogen) atoms. The van der Waals surface area contributed by atoms with E-state index in [0.29, 0.717) is 51.7 Å². The molecular weight excluding hydrogens is 741 g/mol. The summed E-state index contributed by atoms with van der Waals surface area (Å²) in [5, 5.41) is 3.15. The molecule has 3 atom stereocenters. The van der Waals surface area contributed by atoms with Crippen molar-refractivity contribution in [2.45, 2.75) is 244 Å². The van der Waals surface area contributed by atoms with Crippen molar-refractivity contribution in [1.82, 2.24) is 10.2 Å². The first-order valence-corrected chi connectivity index (χ1v) is 24.6. The van der Waals surface area contributed by atoms with Crippen LogP contribution in [0.4, 0.5) is 0 Å². The summed E-state index contributed by atoms with van der Waals surface area (Å²) in [4.78, 5) is 41.2. The van der Waals surface area contributed by atoms with Crippen LogP contribution in [0.5, 0.6) is 0 Å². The summed E-state index contributed by atoms with van der Waals surface area (Å²) in [6.45, 7) is 8.78. The molecule has 0 bridgehead atoms. The average molecular weight is 833 g/mol. The molecular formula is C50H92N2O7. The molecule has 9 nitrogen and oxygen atoms in total. The highest BCUT2D eigenvalue weighted by atomic mass is 16.7. The predicted molar refractivity (Wildman–Crippen MR) is 244 cm³/mol. The monoisotopic (exact) mass is 833 g/mol. The number of hydrogen-bond donors (Lipinski definition) is 1. The van der Waals surface area contributed by atoms with Crippen molar-refractivity contribution in [1.29, 1.82) is 0 Å². The van der Waals surface area contributed by atoms with Crippen LogP contribution in [0, 0.1) is 0 Å². The second kappa shape index (κ2) is 39.9. The lowest BCUT2D eigenvalue weighted by atomic mass is 9.90. The number of carbonyl (C=O) groups excluding carboxylic acids is 3. The van der Waals surface area contributed by atoms with Crippen LogP contribution in [0.15, 0.2) is 24.3 Å². The van der Waals surface area contributed by atoms with Gasteiger partial charge in [0.1, 0.15) is 12.2 Å². The third-order valence-corrected chi connectivity index (χ3v) is 11.1. The van der Waals surface area contributed by atoms with Gasteiger partial charge in [-0.3, -0.25) is 14.4 Å². The van der Waals surface area contributed by atoms with Gasteiger partial charge in [-0.1, -0.05) is 141 Å². The Balaban J connectivity index is 2.60. The zero-order chi connectivity index (χ0) is 43.0. The Hall–Kier alpha value is -2.23. The number of nitrogens with zero attached hydrogens (tertiary/aromatic N) is 1. The van der Waals surface area contributed by atoms with Crippen LogP contribution in [-0.2, 0) is 33.3 Å². The van der Waals surface area contributed by atoms with Gasteiger partial charge in [0.2, 0.25) is 5.91 Å². The molecule has 1 aliphatic carbocycles. The Kier molecular flexibility index (Phi) is 37.0. The molecule has 0 radical (unpaired) electrons. The van der Waals surface area contributed by atoms with E-state index in [-0.39, 0.29) is 30.3 Å². The molecule has 0 aliphatic heterocycles. The highest BCUT2D eigenvalue weighted by Gasteiger charge is 2.34. The second-order valence-electron chi connectivity index (χ2n) is 17.3. The molecule has 1 rings (SSSR count). The molecule has 0 saturated heterocycles. The van der Waals surface area contributed by atoms with E-state index in [2.05, 4.69) is 55.3 Å². The fourth-order valence-corrected chi connectivity index (χ4v) is 7.60. The lowest BCUT2D eigenvalue weighted by Crippen LogP contribution is -2.46. The summed E-state index contributed by atoms with van der Waals surface area (Å²) in [6.07, 6.45) is 38.2. The molecule has 1 amide bonds. The number of hydrogen-bond acceptors (Lipinski definition) is 8. The van der Waals surface area contributed by atoms with E-state index in [0.717, 1.165) is 77.2 Å². The molecule has 1 saturated carbocycles. The maximum Gasteiger partial charge on any atom is 0.306 e. The van der Waals surface area contributed by atoms with Gasteiger partial charge in [-0.05, 0) is 78.4 Å². The smallest absolute Gasteiger partial charge is 0.306 e. The van der Waals surface area contributed by atoms with Crippen LogP contribution in [-0.4, -0.2) is 81.1 Å². The summed E-state index contributed by atoms with van der Waals surface area (Å²) in [6, 6.07) is -0.226. The minimum absolute atomic E-state index is 0.0214. The van der Waals surface area contributed by atoms with Crippen molar-refractivity contribution in [2.24, 2.45) is 0 Å². The van der Waals surface area contributed by atoms with Crippen molar-refractivity contribution in [3.8, 4) is 0 Å². The zero-order valence-electron chi connectivity index (χ0n) is 39.0. The molecule has 0 spiro atoms. The fraction of sp³-hybridized carbons (Fsp3) is 0.860. The molecule has 9 heteroatoms. The van der Waals surface area contributed by atoms with E-state index < -0.39 is 18.5 Å². The first kappa shape index (κ1) is 54.8. The van der Waals surface area contributed by atoms with Gasteiger partial charge in [0.25, 0.3) is 0 Å². The highest BCUT2D eigenvalue weighted by molar-refractivity contribution is 5.76. The summed E-state index contributed by atoms with van der Waals surface area (Å²) in [5.74, 6) is -0.539. The Labute approximate surface area is 362 Å². The van der Waals surface area contributed by atoms with Gasteiger partial charge in [0, 0.05) is 57.8 Å². The normalized spacial score (nSPS) is 17.1. The van der Waals surface area contributed by atoms with Crippen molar-refractivity contribution in [2.75, 3.05) is 33.9 Å². The summed E-state index contributed by atoms with van der Waals surface area (Å²) >= 11 is 0. The standard InChI is InChI=1S/C50H92N2O7/c1-6-9-12-15-18-19-20-21-22-23-24-25-26-27-30-35-48(54)58-45-41-44(51-47(53)34-33-38-52(4)5)42-46(43-45)59-49(55)36-37-50(56-39-31-28-16-13-10-7-2)57-40-32-29-17-14-11-8-3/h18-19,21-22,44-46,50H,6-17,20,23-43H2,1-5H3,(H,51,53)/b19-18-,22-21-. The number of rotatable bonds is 40. The number of allylic oxidation sites excluding steroid dienone is 4. The molecule has 0 heterocycles. The number of carbonyl (C=O) groups is 3. The van der Waals surface area contributed by atoms with Gasteiger partial charge in [-0.15, -0.1) is 0 Å². The van der Waals surface area contributed by atoms with E-state index >= 15 is 0 Å². The SMILES string of the molecule is CCCCC/C=C\C/C=C\CCCCCCCC(=O)OC1CC(NC(=O)CCCN(C)C)CC(OC(=O)CCC(OCCCCCCCC)OCCCCCCCC)C1. The van der Waals surface area contributed by atoms with Gasteiger partial charge >= 0.3 is 11.9 Å². The Morgan fingerprint density at radius 1 is 0.559 bits per heavy atom. The summed E-state index contributed by atoms with van der Waals surface area (Å²) in [7, 11) is 4.00. The van der Waals surface area contributed by atoms with Crippen LogP contribution in [0.1, 0.15) is 220 Å². The van der Waals surface area contributed by atoms with Crippen LogP contribution in [0.3, 0.4) is 0 Å². The maximum absolute atomic E-state index is 13.3. The zero-order valence-corrected chi connectivity index (χ0v) is 39.0. The molecule has 1 N–H and O–H groups in total. The van der Waals surface area contributed by atoms with E-state index in [4.69, 9.17) is 18.9 Å². The van der Waals surface area contributed by atoms with Gasteiger partial charge in [-0.2, -0.15) is 0 Å². The maximum atomic E-state index is 13.3. The minimum Gasteiger partial charge on any atom is -0.462 e. The van der Waals surface area contributed by atoms with Crippen LogP contribution >= 0.6 is 0 Å². The first-order valence-electron chi connectivity index (χ1n) is 24.6. The van der Waals surface area contributed by atoms with Crippen LogP contribution in [0.2, 0.25) is 0 Å². The number of ether oxygens (including phenoxy) is 4. The van der Waals surface area contributed by atoms with Crippen LogP contribution < -0.4 is 5.32 Å². The highest BCUT2D eigenvalue weighted by Crippen LogP contribution is 2.26. The lowest BCUT2D eigenvalue weighted by Gasteiger charge is -2.34. The van der Waals surface area contributed by atoms with E-state index in [1.807, 2.05) is 14.1 Å². The molecule has 3 unspecified atom stereocenters.